The van der Waals surface area contributed by atoms with Crippen LogP contribution < -0.4 is 5.73 Å². The van der Waals surface area contributed by atoms with Crippen LogP contribution in [0.2, 0.25) is 0 Å². The number of aromatic hydroxyl groups is 1. The number of nitrogen functional groups attached to an aromatic ring is 1. The molecule has 0 bridgehead atoms. The fourth-order valence-corrected chi connectivity index (χ4v) is 1.28. The van der Waals surface area contributed by atoms with E-state index in [9.17, 15) is 9.90 Å². The summed E-state index contributed by atoms with van der Waals surface area (Å²) in [5.74, 6) is -0.594. The molecule has 0 unspecified atom stereocenters. The van der Waals surface area contributed by atoms with Crippen molar-refractivity contribution < 1.29 is 19.4 Å². The topological polar surface area (TPSA) is 81.8 Å². The fraction of sp³-hybridized carbons (Fsp3) is 0.462. The van der Waals surface area contributed by atoms with Gasteiger partial charge in [0.25, 0.3) is 0 Å². The Hall–Kier alpha value is -1.75. The second-order valence-electron chi connectivity index (χ2n) is 4.87. The van der Waals surface area contributed by atoms with Gasteiger partial charge in [0.15, 0.2) is 0 Å². The van der Waals surface area contributed by atoms with E-state index in [0.717, 1.165) is 0 Å². The summed E-state index contributed by atoms with van der Waals surface area (Å²) in [4.78, 5) is 11.7. The van der Waals surface area contributed by atoms with E-state index in [0.29, 0.717) is 6.61 Å². The van der Waals surface area contributed by atoms with Crippen LogP contribution in [0.3, 0.4) is 0 Å². The van der Waals surface area contributed by atoms with Crippen molar-refractivity contribution in [3.63, 3.8) is 0 Å². The quantitative estimate of drug-likeness (QED) is 0.371. The molecule has 0 aliphatic carbocycles. The zero-order valence-electron chi connectivity index (χ0n) is 10.9. The Morgan fingerprint density at radius 3 is 2.61 bits per heavy atom. The molecule has 5 nitrogen and oxygen atoms in total. The number of hydrogen-bond donors (Lipinski definition) is 2. The van der Waals surface area contributed by atoms with Crippen molar-refractivity contribution in [1.82, 2.24) is 0 Å². The third-order valence-corrected chi connectivity index (χ3v) is 2.11. The van der Waals surface area contributed by atoms with Crippen molar-refractivity contribution in [3.8, 4) is 5.75 Å². The third-order valence-electron chi connectivity index (χ3n) is 2.11. The number of ether oxygens (including phenoxy) is 2. The van der Waals surface area contributed by atoms with Gasteiger partial charge >= 0.3 is 5.97 Å². The Morgan fingerprint density at radius 2 is 2.00 bits per heavy atom. The van der Waals surface area contributed by atoms with Gasteiger partial charge in [-0.3, -0.25) is 0 Å². The third kappa shape index (κ3) is 4.63. The molecule has 0 fully saturated rings. The van der Waals surface area contributed by atoms with Crippen LogP contribution >= 0.6 is 0 Å². The molecule has 0 radical (unpaired) electrons. The number of carbonyl (C=O) groups excluding carboxylic acids is 1. The summed E-state index contributed by atoms with van der Waals surface area (Å²) in [6, 6.07) is 4.15. The van der Waals surface area contributed by atoms with Gasteiger partial charge in [-0.1, -0.05) is 0 Å². The second kappa shape index (κ2) is 5.73. The zero-order chi connectivity index (χ0) is 13.8. The Labute approximate surface area is 107 Å². The minimum Gasteiger partial charge on any atom is -0.508 e. The molecule has 1 aromatic rings. The van der Waals surface area contributed by atoms with E-state index >= 15 is 0 Å². The summed E-state index contributed by atoms with van der Waals surface area (Å²) in [5, 5.41) is 9.28. The summed E-state index contributed by atoms with van der Waals surface area (Å²) in [6.07, 6.45) is 0. The number of phenolic OH excluding ortho intramolecular Hbond substituents is 1. The predicted octanol–water partition coefficient (Wildman–Crippen LogP) is 1.95. The Morgan fingerprint density at radius 1 is 1.33 bits per heavy atom. The molecule has 18 heavy (non-hydrogen) atoms. The number of rotatable bonds is 4. The normalized spacial score (nSPS) is 11.3. The second-order valence-corrected chi connectivity index (χ2v) is 4.87. The Bertz CT molecular complexity index is 423. The van der Waals surface area contributed by atoms with E-state index in [1.807, 2.05) is 20.8 Å². The number of hydrogen-bond acceptors (Lipinski definition) is 5. The lowest BCUT2D eigenvalue weighted by Gasteiger charge is -2.19. The Kier molecular flexibility index (Phi) is 4.55. The zero-order valence-corrected chi connectivity index (χ0v) is 10.9. The van der Waals surface area contributed by atoms with Crippen molar-refractivity contribution in [3.05, 3.63) is 23.8 Å². The monoisotopic (exact) mass is 253 g/mol. The molecule has 0 atom stereocenters. The van der Waals surface area contributed by atoms with Crippen LogP contribution in [0.1, 0.15) is 31.1 Å². The standard InChI is InChI=1S/C13H19NO4/c1-13(2,3)18-7-6-17-12(16)10-8-9(15)4-5-11(10)14/h4-5,8,15H,6-7,14H2,1-3H3. The molecule has 3 N–H and O–H groups in total. The van der Waals surface area contributed by atoms with Crippen LogP contribution in [0, 0.1) is 0 Å². The molecule has 1 rings (SSSR count). The van der Waals surface area contributed by atoms with Gasteiger partial charge in [0.05, 0.1) is 17.8 Å². The van der Waals surface area contributed by atoms with Crippen LogP contribution in [0.5, 0.6) is 5.75 Å². The lowest BCUT2D eigenvalue weighted by molar-refractivity contribution is -0.0281. The molecule has 100 valence electrons. The highest BCUT2D eigenvalue weighted by Crippen LogP contribution is 2.19. The van der Waals surface area contributed by atoms with E-state index in [1.165, 1.54) is 18.2 Å². The van der Waals surface area contributed by atoms with Crippen LogP contribution in [0.15, 0.2) is 18.2 Å². The summed E-state index contributed by atoms with van der Waals surface area (Å²) in [7, 11) is 0. The number of nitrogens with two attached hydrogens (primary N) is 1. The molecule has 5 heteroatoms. The lowest BCUT2D eigenvalue weighted by atomic mass is 10.2. The van der Waals surface area contributed by atoms with Gasteiger partial charge in [-0.05, 0) is 39.0 Å². The molecule has 0 amide bonds. The van der Waals surface area contributed by atoms with Crippen LogP contribution in [-0.4, -0.2) is 29.9 Å². The fourth-order valence-electron chi connectivity index (χ4n) is 1.28. The summed E-state index contributed by atoms with van der Waals surface area (Å²) in [5.41, 5.74) is 5.78. The average Bonchev–Trinajstić information content (AvgIpc) is 2.26. The lowest BCUT2D eigenvalue weighted by Crippen LogP contribution is -2.22. The number of anilines is 1. The first-order valence-corrected chi connectivity index (χ1v) is 5.69. The molecular weight excluding hydrogens is 234 g/mol. The molecule has 0 saturated carbocycles. The summed E-state index contributed by atoms with van der Waals surface area (Å²) >= 11 is 0. The number of carbonyl (C=O) groups is 1. The number of phenols is 1. The molecule has 0 aromatic heterocycles. The first-order valence-electron chi connectivity index (χ1n) is 5.69. The highest BCUT2D eigenvalue weighted by Gasteiger charge is 2.13. The highest BCUT2D eigenvalue weighted by molar-refractivity contribution is 5.95. The molecular formula is C13H19NO4. The van der Waals surface area contributed by atoms with Crippen molar-refractivity contribution in [2.75, 3.05) is 18.9 Å². The predicted molar refractivity (Wildman–Crippen MR) is 68.5 cm³/mol. The first-order chi connectivity index (χ1) is 8.29. The molecule has 0 spiro atoms. The first kappa shape index (κ1) is 14.3. The minimum absolute atomic E-state index is 0.0258. The van der Waals surface area contributed by atoms with Crippen molar-refractivity contribution >= 4 is 11.7 Å². The number of benzene rings is 1. The molecule has 0 aliphatic heterocycles. The van der Waals surface area contributed by atoms with Gasteiger partial charge in [0, 0.05) is 5.69 Å². The molecule has 0 heterocycles. The van der Waals surface area contributed by atoms with Gasteiger partial charge in [-0.2, -0.15) is 0 Å². The smallest absolute Gasteiger partial charge is 0.340 e. The van der Waals surface area contributed by atoms with Gasteiger partial charge in [-0.25, -0.2) is 4.79 Å². The summed E-state index contributed by atoms with van der Waals surface area (Å²) < 4.78 is 10.4. The highest BCUT2D eigenvalue weighted by atomic mass is 16.6. The maximum Gasteiger partial charge on any atom is 0.340 e. The maximum absolute atomic E-state index is 11.7. The van der Waals surface area contributed by atoms with E-state index in [4.69, 9.17) is 15.2 Å². The van der Waals surface area contributed by atoms with Gasteiger partial charge < -0.3 is 20.3 Å². The van der Waals surface area contributed by atoms with Crippen LogP contribution in [0.4, 0.5) is 5.69 Å². The Balaban J connectivity index is 2.48. The van der Waals surface area contributed by atoms with Crippen LogP contribution in [0.25, 0.3) is 0 Å². The van der Waals surface area contributed by atoms with Crippen molar-refractivity contribution in [2.45, 2.75) is 26.4 Å². The SMILES string of the molecule is CC(C)(C)OCCOC(=O)c1cc(O)ccc1N. The van der Waals surface area contributed by atoms with Crippen molar-refractivity contribution in [1.29, 1.82) is 0 Å². The van der Waals surface area contributed by atoms with Crippen molar-refractivity contribution in [2.24, 2.45) is 0 Å². The molecule has 0 saturated heterocycles. The molecule has 1 aromatic carbocycles. The van der Waals surface area contributed by atoms with Gasteiger partial charge in [-0.15, -0.1) is 0 Å². The van der Waals surface area contributed by atoms with E-state index < -0.39 is 5.97 Å². The average molecular weight is 253 g/mol. The van der Waals surface area contributed by atoms with Gasteiger partial charge in [0.2, 0.25) is 0 Å². The largest absolute Gasteiger partial charge is 0.508 e. The summed E-state index contributed by atoms with van der Waals surface area (Å²) in [6.45, 7) is 6.21. The van der Waals surface area contributed by atoms with Crippen LogP contribution in [-0.2, 0) is 9.47 Å². The van der Waals surface area contributed by atoms with E-state index in [2.05, 4.69) is 0 Å². The van der Waals surface area contributed by atoms with E-state index in [-0.39, 0.29) is 29.2 Å². The van der Waals surface area contributed by atoms with E-state index in [1.54, 1.807) is 0 Å². The molecule has 0 aliphatic rings. The number of esters is 1. The minimum atomic E-state index is -0.569. The van der Waals surface area contributed by atoms with Gasteiger partial charge in [0.1, 0.15) is 12.4 Å². The maximum atomic E-state index is 11.7.